The van der Waals surface area contributed by atoms with E-state index in [2.05, 4.69) is 26.6 Å². The topological polar surface area (TPSA) is 67.4 Å². The van der Waals surface area contributed by atoms with Crippen LogP contribution in [-0.2, 0) is 0 Å². The molecule has 0 radical (unpaired) electrons. The molecule has 0 aliphatic rings. The maximum atomic E-state index is 12.6. The minimum absolute atomic E-state index is 0.0374. The summed E-state index contributed by atoms with van der Waals surface area (Å²) in [6, 6.07) is 12.0. The molecule has 0 spiro atoms. The van der Waals surface area contributed by atoms with E-state index >= 15 is 0 Å². The zero-order valence-electron chi connectivity index (χ0n) is 13.7. The molecule has 0 saturated heterocycles. The Labute approximate surface area is 149 Å². The predicted molar refractivity (Wildman–Crippen MR) is 97.7 cm³/mol. The minimum atomic E-state index is -0.278. The molecule has 0 aliphatic heterocycles. The predicted octanol–water partition coefficient (Wildman–Crippen LogP) is 3.85. The summed E-state index contributed by atoms with van der Waals surface area (Å²) in [7, 11) is 1.57. The number of ether oxygens (including phenoxy) is 1. The van der Waals surface area contributed by atoms with E-state index in [0.717, 1.165) is 4.47 Å². The van der Waals surface area contributed by atoms with E-state index in [0.29, 0.717) is 22.6 Å². The van der Waals surface area contributed by atoms with Crippen LogP contribution in [0.25, 0.3) is 0 Å². The van der Waals surface area contributed by atoms with Gasteiger partial charge in [0.2, 0.25) is 0 Å². The van der Waals surface area contributed by atoms with Gasteiger partial charge < -0.3 is 15.4 Å². The Bertz CT molecular complexity index is 742. The molecule has 2 aromatic rings. The fourth-order valence-electron chi connectivity index (χ4n) is 2.08. The number of halogens is 1. The first-order chi connectivity index (χ1) is 11.4. The molecule has 0 heterocycles. The van der Waals surface area contributed by atoms with Gasteiger partial charge in [-0.05, 0) is 56.3 Å². The van der Waals surface area contributed by atoms with Crippen LogP contribution in [0.1, 0.15) is 34.6 Å². The van der Waals surface area contributed by atoms with Gasteiger partial charge in [0, 0.05) is 22.8 Å². The van der Waals surface area contributed by atoms with Crippen LogP contribution in [0.4, 0.5) is 5.69 Å². The Morgan fingerprint density at radius 3 is 2.29 bits per heavy atom. The molecule has 0 saturated carbocycles. The number of carbonyl (C=O) groups is 2. The van der Waals surface area contributed by atoms with E-state index in [-0.39, 0.29) is 17.9 Å². The summed E-state index contributed by atoms with van der Waals surface area (Å²) in [4.78, 5) is 24.1. The molecule has 0 bridgehead atoms. The van der Waals surface area contributed by atoms with Crippen LogP contribution in [0.5, 0.6) is 5.75 Å². The fourth-order valence-corrected chi connectivity index (χ4v) is 2.45. The highest BCUT2D eigenvalue weighted by molar-refractivity contribution is 9.10. The summed E-state index contributed by atoms with van der Waals surface area (Å²) in [6.07, 6.45) is -0.0374. The molecule has 6 heteroatoms. The van der Waals surface area contributed by atoms with Crippen LogP contribution in [-0.4, -0.2) is 25.0 Å². The Kier molecular flexibility index (Phi) is 5.98. The van der Waals surface area contributed by atoms with Crippen molar-refractivity contribution in [2.24, 2.45) is 0 Å². The normalized spacial score (nSPS) is 10.4. The summed E-state index contributed by atoms with van der Waals surface area (Å²) in [6.45, 7) is 3.81. The number of rotatable bonds is 5. The Hall–Kier alpha value is -2.34. The maximum absolute atomic E-state index is 12.6. The van der Waals surface area contributed by atoms with Crippen molar-refractivity contribution in [2.45, 2.75) is 20.0 Å². The number of amides is 2. The van der Waals surface area contributed by atoms with Crippen molar-refractivity contribution >= 4 is 33.4 Å². The van der Waals surface area contributed by atoms with Crippen LogP contribution in [0.15, 0.2) is 46.9 Å². The van der Waals surface area contributed by atoms with Crippen LogP contribution >= 0.6 is 15.9 Å². The van der Waals surface area contributed by atoms with Crippen molar-refractivity contribution in [3.05, 3.63) is 58.1 Å². The first-order valence-corrected chi connectivity index (χ1v) is 8.29. The number of hydrogen-bond donors (Lipinski definition) is 2. The van der Waals surface area contributed by atoms with E-state index < -0.39 is 0 Å². The Balaban J connectivity index is 2.20. The first-order valence-electron chi connectivity index (χ1n) is 7.50. The van der Waals surface area contributed by atoms with E-state index in [1.807, 2.05) is 19.9 Å². The summed E-state index contributed by atoms with van der Waals surface area (Å²) >= 11 is 3.37. The smallest absolute Gasteiger partial charge is 0.259 e. The average Bonchev–Trinajstić information content (AvgIpc) is 2.56. The second-order valence-electron chi connectivity index (χ2n) is 5.42. The number of carbonyl (C=O) groups excluding carboxylic acids is 2. The van der Waals surface area contributed by atoms with Crippen molar-refractivity contribution in [3.63, 3.8) is 0 Å². The standard InChI is InChI=1S/C18H19BrN2O3/c1-11(2)24-16-9-6-13(19)10-15(16)18(23)21-14-7-4-12(5-8-14)17(22)20-3/h4-11H,1-3H3,(H,20,22)(H,21,23). The van der Waals surface area contributed by atoms with Crippen molar-refractivity contribution in [3.8, 4) is 5.75 Å². The Morgan fingerprint density at radius 2 is 1.71 bits per heavy atom. The van der Waals surface area contributed by atoms with E-state index in [4.69, 9.17) is 4.74 Å². The molecule has 126 valence electrons. The second-order valence-corrected chi connectivity index (χ2v) is 6.33. The highest BCUT2D eigenvalue weighted by Gasteiger charge is 2.15. The summed E-state index contributed by atoms with van der Waals surface area (Å²) in [5, 5.41) is 5.36. The molecule has 0 aromatic heterocycles. The lowest BCUT2D eigenvalue weighted by Crippen LogP contribution is -2.18. The van der Waals surface area contributed by atoms with Gasteiger partial charge in [0.25, 0.3) is 11.8 Å². The zero-order valence-corrected chi connectivity index (χ0v) is 15.3. The van der Waals surface area contributed by atoms with Gasteiger partial charge in [0.1, 0.15) is 5.75 Å². The van der Waals surface area contributed by atoms with Crippen LogP contribution in [0.3, 0.4) is 0 Å². The van der Waals surface area contributed by atoms with Gasteiger partial charge in [-0.15, -0.1) is 0 Å². The lowest BCUT2D eigenvalue weighted by molar-refractivity contribution is 0.0962. The van der Waals surface area contributed by atoms with Crippen LogP contribution in [0, 0.1) is 0 Å². The largest absolute Gasteiger partial charge is 0.490 e. The van der Waals surface area contributed by atoms with Gasteiger partial charge in [-0.1, -0.05) is 15.9 Å². The van der Waals surface area contributed by atoms with E-state index in [1.165, 1.54) is 0 Å². The van der Waals surface area contributed by atoms with Gasteiger partial charge in [-0.2, -0.15) is 0 Å². The molecule has 2 aromatic carbocycles. The van der Waals surface area contributed by atoms with E-state index in [9.17, 15) is 9.59 Å². The molecule has 0 unspecified atom stereocenters. The molecule has 0 atom stereocenters. The van der Waals surface area contributed by atoms with Gasteiger partial charge in [0.05, 0.1) is 11.7 Å². The van der Waals surface area contributed by atoms with Gasteiger partial charge in [-0.25, -0.2) is 0 Å². The maximum Gasteiger partial charge on any atom is 0.259 e. The molecule has 0 fully saturated rings. The summed E-state index contributed by atoms with van der Waals surface area (Å²) in [5.41, 5.74) is 1.57. The van der Waals surface area contributed by atoms with Gasteiger partial charge in [0.15, 0.2) is 0 Å². The number of anilines is 1. The number of hydrogen-bond acceptors (Lipinski definition) is 3. The summed E-state index contributed by atoms with van der Waals surface area (Å²) in [5.74, 6) is 0.0693. The average molecular weight is 391 g/mol. The lowest BCUT2D eigenvalue weighted by Gasteiger charge is -2.14. The molecule has 2 N–H and O–H groups in total. The third-order valence-electron chi connectivity index (χ3n) is 3.18. The third-order valence-corrected chi connectivity index (χ3v) is 3.67. The van der Waals surface area contributed by atoms with E-state index in [1.54, 1.807) is 43.4 Å². The summed E-state index contributed by atoms with van der Waals surface area (Å²) < 4.78 is 6.48. The quantitative estimate of drug-likeness (QED) is 0.814. The monoisotopic (exact) mass is 390 g/mol. The number of nitrogens with one attached hydrogen (secondary N) is 2. The molecule has 2 rings (SSSR count). The lowest BCUT2D eigenvalue weighted by atomic mass is 10.1. The van der Waals surface area contributed by atoms with Crippen LogP contribution < -0.4 is 15.4 Å². The second kappa shape index (κ2) is 7.97. The van der Waals surface area contributed by atoms with Gasteiger partial charge >= 0.3 is 0 Å². The molecule has 2 amide bonds. The number of benzene rings is 2. The zero-order chi connectivity index (χ0) is 17.7. The van der Waals surface area contributed by atoms with Crippen LogP contribution in [0.2, 0.25) is 0 Å². The highest BCUT2D eigenvalue weighted by Crippen LogP contribution is 2.25. The van der Waals surface area contributed by atoms with Gasteiger partial charge in [-0.3, -0.25) is 9.59 Å². The third kappa shape index (κ3) is 4.58. The SMILES string of the molecule is CNC(=O)c1ccc(NC(=O)c2cc(Br)ccc2OC(C)C)cc1. The Morgan fingerprint density at radius 1 is 1.04 bits per heavy atom. The molecule has 5 nitrogen and oxygen atoms in total. The molecule has 0 aliphatic carbocycles. The fraction of sp³-hybridized carbons (Fsp3) is 0.222. The molecule has 24 heavy (non-hydrogen) atoms. The highest BCUT2D eigenvalue weighted by atomic mass is 79.9. The van der Waals surface area contributed by atoms with Crippen molar-refractivity contribution < 1.29 is 14.3 Å². The van der Waals surface area contributed by atoms with Crippen molar-refractivity contribution in [2.75, 3.05) is 12.4 Å². The minimum Gasteiger partial charge on any atom is -0.490 e. The first kappa shape index (κ1) is 18.0. The van der Waals surface area contributed by atoms with Crippen molar-refractivity contribution in [1.29, 1.82) is 0 Å². The van der Waals surface area contributed by atoms with Crippen molar-refractivity contribution in [1.82, 2.24) is 5.32 Å². The molecular weight excluding hydrogens is 372 g/mol. The molecular formula is C18H19BrN2O3.